The zero-order chi connectivity index (χ0) is 14.7. The van der Waals surface area contributed by atoms with Crippen LogP contribution in [0.25, 0.3) is 0 Å². The van der Waals surface area contributed by atoms with Gasteiger partial charge in [-0.15, -0.1) is 0 Å². The Morgan fingerprint density at radius 2 is 2.05 bits per heavy atom. The number of amidine groups is 1. The van der Waals surface area contributed by atoms with Gasteiger partial charge in [-0.2, -0.15) is 0 Å². The van der Waals surface area contributed by atoms with Gasteiger partial charge < -0.3 is 10.6 Å². The molecule has 5 heteroatoms. The SMILES string of the molecule is Cc1ccnc(N(C)Cc2ccccc2Br)c1C(=N)N. The van der Waals surface area contributed by atoms with Gasteiger partial charge in [0, 0.05) is 24.3 Å². The molecular formula is C15H17BrN4. The lowest BCUT2D eigenvalue weighted by atomic mass is 10.1. The predicted octanol–water partition coefficient (Wildman–Crippen LogP) is 3.07. The maximum atomic E-state index is 7.73. The molecule has 0 aliphatic heterocycles. The van der Waals surface area contributed by atoms with E-state index in [4.69, 9.17) is 11.1 Å². The molecule has 0 aliphatic rings. The number of aromatic nitrogens is 1. The summed E-state index contributed by atoms with van der Waals surface area (Å²) in [5.74, 6) is 0.776. The van der Waals surface area contributed by atoms with Crippen LogP contribution < -0.4 is 10.6 Å². The van der Waals surface area contributed by atoms with Crippen LogP contribution in [-0.4, -0.2) is 17.9 Å². The van der Waals surface area contributed by atoms with Crippen LogP contribution in [0.1, 0.15) is 16.7 Å². The Labute approximate surface area is 127 Å². The maximum Gasteiger partial charge on any atom is 0.139 e. The van der Waals surface area contributed by atoms with Crippen molar-refractivity contribution in [3.8, 4) is 0 Å². The second-order valence-corrected chi connectivity index (χ2v) is 5.54. The molecule has 4 nitrogen and oxygen atoms in total. The summed E-state index contributed by atoms with van der Waals surface area (Å²) in [6.45, 7) is 2.63. The summed E-state index contributed by atoms with van der Waals surface area (Å²) in [5.41, 5.74) is 8.50. The van der Waals surface area contributed by atoms with E-state index < -0.39 is 0 Å². The fraction of sp³-hybridized carbons (Fsp3) is 0.200. The fourth-order valence-electron chi connectivity index (χ4n) is 2.12. The predicted molar refractivity (Wildman–Crippen MR) is 86.2 cm³/mol. The van der Waals surface area contributed by atoms with E-state index in [-0.39, 0.29) is 5.84 Å². The van der Waals surface area contributed by atoms with E-state index in [1.54, 1.807) is 6.20 Å². The number of nitrogens with one attached hydrogen (secondary N) is 1. The van der Waals surface area contributed by atoms with E-state index >= 15 is 0 Å². The highest BCUT2D eigenvalue weighted by Crippen LogP contribution is 2.23. The summed E-state index contributed by atoms with van der Waals surface area (Å²) < 4.78 is 1.06. The Hall–Kier alpha value is -1.88. The number of aryl methyl sites for hydroxylation is 1. The molecule has 1 aromatic carbocycles. The first-order chi connectivity index (χ1) is 9.50. The molecule has 1 heterocycles. The van der Waals surface area contributed by atoms with Crippen LogP contribution >= 0.6 is 15.9 Å². The summed E-state index contributed by atoms with van der Waals surface area (Å²) in [4.78, 5) is 6.38. The Kier molecular flexibility index (Phi) is 4.39. The Morgan fingerprint density at radius 3 is 2.70 bits per heavy atom. The van der Waals surface area contributed by atoms with Gasteiger partial charge in [-0.3, -0.25) is 5.41 Å². The Morgan fingerprint density at radius 1 is 1.35 bits per heavy atom. The molecule has 2 aromatic rings. The van der Waals surface area contributed by atoms with Crippen LogP contribution in [0.2, 0.25) is 0 Å². The summed E-state index contributed by atoms with van der Waals surface area (Å²) in [5, 5.41) is 7.73. The van der Waals surface area contributed by atoms with Crippen molar-refractivity contribution in [1.29, 1.82) is 5.41 Å². The zero-order valence-electron chi connectivity index (χ0n) is 11.5. The van der Waals surface area contributed by atoms with Gasteiger partial charge >= 0.3 is 0 Å². The minimum Gasteiger partial charge on any atom is -0.384 e. The van der Waals surface area contributed by atoms with E-state index in [0.29, 0.717) is 12.1 Å². The van der Waals surface area contributed by atoms with Crippen LogP contribution in [0.5, 0.6) is 0 Å². The van der Waals surface area contributed by atoms with Gasteiger partial charge in [0.25, 0.3) is 0 Å². The number of halogens is 1. The van der Waals surface area contributed by atoms with Crippen LogP contribution in [0.15, 0.2) is 41.0 Å². The normalized spacial score (nSPS) is 10.3. The third-order valence-corrected chi connectivity index (χ3v) is 3.91. The van der Waals surface area contributed by atoms with Crippen molar-refractivity contribution in [3.63, 3.8) is 0 Å². The molecule has 0 aliphatic carbocycles. The van der Waals surface area contributed by atoms with Crippen LogP contribution in [0.3, 0.4) is 0 Å². The Bertz CT molecular complexity index is 640. The first-order valence-electron chi connectivity index (χ1n) is 6.25. The maximum absolute atomic E-state index is 7.73. The van der Waals surface area contributed by atoms with E-state index in [9.17, 15) is 0 Å². The second kappa shape index (κ2) is 6.05. The number of benzene rings is 1. The topological polar surface area (TPSA) is 66.0 Å². The number of nitrogen functional groups attached to an aromatic ring is 1. The van der Waals surface area contributed by atoms with Gasteiger partial charge in [-0.1, -0.05) is 34.1 Å². The van der Waals surface area contributed by atoms with Gasteiger partial charge in [0.05, 0.1) is 5.56 Å². The lowest BCUT2D eigenvalue weighted by Gasteiger charge is -2.22. The number of rotatable bonds is 4. The van der Waals surface area contributed by atoms with Gasteiger partial charge in [-0.05, 0) is 30.2 Å². The van der Waals surface area contributed by atoms with Gasteiger partial charge in [0.1, 0.15) is 11.7 Å². The standard InChI is InChI=1S/C15H17BrN4/c1-10-7-8-19-15(13(10)14(17)18)20(2)9-11-5-3-4-6-12(11)16/h3-8H,9H2,1-2H3,(H3,17,18). The van der Waals surface area contributed by atoms with E-state index in [2.05, 4.69) is 27.0 Å². The number of anilines is 1. The average Bonchev–Trinajstić information content (AvgIpc) is 2.40. The molecule has 0 saturated heterocycles. The van der Waals surface area contributed by atoms with E-state index in [1.165, 1.54) is 0 Å². The van der Waals surface area contributed by atoms with Crippen LogP contribution in [-0.2, 0) is 6.54 Å². The largest absolute Gasteiger partial charge is 0.384 e. The quantitative estimate of drug-likeness (QED) is 0.667. The minimum atomic E-state index is 0.0459. The van der Waals surface area contributed by atoms with Crippen molar-refractivity contribution in [3.05, 3.63) is 57.7 Å². The van der Waals surface area contributed by atoms with Crippen LogP contribution in [0.4, 0.5) is 5.82 Å². The molecular weight excluding hydrogens is 316 g/mol. The summed E-state index contributed by atoms with van der Waals surface area (Å²) >= 11 is 3.55. The average molecular weight is 333 g/mol. The molecule has 0 radical (unpaired) electrons. The molecule has 104 valence electrons. The lowest BCUT2D eigenvalue weighted by Crippen LogP contribution is -2.24. The number of hydrogen-bond donors (Lipinski definition) is 2. The molecule has 0 amide bonds. The van der Waals surface area contributed by atoms with Crippen molar-refractivity contribution in [1.82, 2.24) is 4.98 Å². The summed E-state index contributed by atoms with van der Waals surface area (Å²) in [7, 11) is 1.95. The fourth-order valence-corrected chi connectivity index (χ4v) is 2.53. The first kappa shape index (κ1) is 14.5. The highest BCUT2D eigenvalue weighted by atomic mass is 79.9. The molecule has 0 bridgehead atoms. The van der Waals surface area contributed by atoms with Crippen molar-refractivity contribution < 1.29 is 0 Å². The third-order valence-electron chi connectivity index (χ3n) is 3.14. The van der Waals surface area contributed by atoms with Crippen LogP contribution in [0, 0.1) is 12.3 Å². The molecule has 0 spiro atoms. The first-order valence-corrected chi connectivity index (χ1v) is 7.04. The highest BCUT2D eigenvalue weighted by molar-refractivity contribution is 9.10. The summed E-state index contributed by atoms with van der Waals surface area (Å²) in [6.07, 6.45) is 1.74. The molecule has 0 saturated carbocycles. The number of nitrogens with two attached hydrogens (primary N) is 1. The molecule has 20 heavy (non-hydrogen) atoms. The smallest absolute Gasteiger partial charge is 0.139 e. The minimum absolute atomic E-state index is 0.0459. The Balaban J connectivity index is 2.35. The van der Waals surface area contributed by atoms with E-state index in [1.807, 2.05) is 43.1 Å². The van der Waals surface area contributed by atoms with Gasteiger partial charge in [0.2, 0.25) is 0 Å². The molecule has 1 aromatic heterocycles. The van der Waals surface area contributed by atoms with E-state index in [0.717, 1.165) is 21.4 Å². The van der Waals surface area contributed by atoms with Crippen molar-refractivity contribution in [2.24, 2.45) is 5.73 Å². The molecule has 0 unspecified atom stereocenters. The monoisotopic (exact) mass is 332 g/mol. The number of nitrogens with zero attached hydrogens (tertiary/aromatic N) is 2. The number of pyridine rings is 1. The van der Waals surface area contributed by atoms with Gasteiger partial charge in [0.15, 0.2) is 0 Å². The zero-order valence-corrected chi connectivity index (χ0v) is 13.1. The van der Waals surface area contributed by atoms with Gasteiger partial charge in [-0.25, -0.2) is 4.98 Å². The molecule has 2 rings (SSSR count). The number of hydrogen-bond acceptors (Lipinski definition) is 3. The molecule has 0 fully saturated rings. The van der Waals surface area contributed by atoms with Crippen molar-refractivity contribution in [2.75, 3.05) is 11.9 Å². The van der Waals surface area contributed by atoms with Crippen molar-refractivity contribution in [2.45, 2.75) is 13.5 Å². The summed E-state index contributed by atoms with van der Waals surface area (Å²) in [6, 6.07) is 9.93. The highest BCUT2D eigenvalue weighted by Gasteiger charge is 2.14. The third kappa shape index (κ3) is 2.99. The van der Waals surface area contributed by atoms with Crippen molar-refractivity contribution >= 4 is 27.6 Å². The second-order valence-electron chi connectivity index (χ2n) is 4.69. The lowest BCUT2D eigenvalue weighted by molar-refractivity contribution is 0.890. The molecule has 0 atom stereocenters. The molecule has 3 N–H and O–H groups in total.